The van der Waals surface area contributed by atoms with Crippen molar-refractivity contribution in [2.75, 3.05) is 44.5 Å². The molecule has 1 atom stereocenters. The third-order valence-electron chi connectivity index (χ3n) is 4.79. The van der Waals surface area contributed by atoms with E-state index in [1.807, 2.05) is 34.3 Å². The monoisotopic (exact) mass is 371 g/mol. The van der Waals surface area contributed by atoms with Gasteiger partial charge in [0.25, 0.3) is 0 Å². The van der Waals surface area contributed by atoms with Gasteiger partial charge in [0.05, 0.1) is 6.54 Å². The number of benzene rings is 2. The van der Waals surface area contributed by atoms with Crippen molar-refractivity contribution in [2.45, 2.75) is 31.6 Å². The second kappa shape index (κ2) is 9.22. The predicted molar refractivity (Wildman–Crippen MR) is 113 cm³/mol. The number of anilines is 2. The van der Waals surface area contributed by atoms with Crippen LogP contribution in [0.4, 0.5) is 11.4 Å². The molecule has 1 unspecified atom stereocenters. The minimum absolute atomic E-state index is 0.0961. The van der Waals surface area contributed by atoms with Crippen LogP contribution in [0.5, 0.6) is 0 Å². The van der Waals surface area contributed by atoms with Crippen LogP contribution in [0.25, 0.3) is 0 Å². The Hall–Kier alpha value is -2.08. The molecule has 0 heterocycles. The Morgan fingerprint density at radius 2 is 1.48 bits per heavy atom. The Morgan fingerprint density at radius 3 is 2.00 bits per heavy atom. The van der Waals surface area contributed by atoms with Gasteiger partial charge in [-0.15, -0.1) is 0 Å². The molecule has 2 aromatic carbocycles. The second-order valence-corrected chi connectivity index (χ2v) is 7.65. The highest BCUT2D eigenvalue weighted by atomic mass is 16.5. The average Bonchev–Trinajstić information content (AvgIpc) is 2.65. The summed E-state index contributed by atoms with van der Waals surface area (Å²) in [4.78, 5) is 4.23. The van der Waals surface area contributed by atoms with Gasteiger partial charge < -0.3 is 25.3 Å². The van der Waals surface area contributed by atoms with Gasteiger partial charge in [-0.3, -0.25) is 0 Å². The van der Waals surface area contributed by atoms with E-state index in [1.165, 1.54) is 16.9 Å². The van der Waals surface area contributed by atoms with Gasteiger partial charge >= 0.3 is 0 Å². The fraction of sp³-hybridized carbons (Fsp3) is 0.455. The molecule has 2 rings (SSSR count). The fourth-order valence-electron chi connectivity index (χ4n) is 2.93. The van der Waals surface area contributed by atoms with Gasteiger partial charge in [-0.05, 0) is 43.5 Å². The first-order chi connectivity index (χ1) is 12.7. The van der Waals surface area contributed by atoms with Crippen LogP contribution in [-0.2, 0) is 12.2 Å². The molecule has 0 aliphatic heterocycles. The van der Waals surface area contributed by atoms with E-state index >= 15 is 0 Å². The number of aliphatic hydroxyl groups is 2. The largest absolute Gasteiger partial charge is 0.378 e. The van der Waals surface area contributed by atoms with Gasteiger partial charge in [-0.2, -0.15) is 0 Å². The van der Waals surface area contributed by atoms with Gasteiger partial charge in [-0.1, -0.05) is 30.3 Å². The number of hydrogen-bond acceptors (Lipinski definition) is 5. The SMILES string of the molecule is CC(CCc1cc(N(C)C)cc(N(C)C)c1)NCC(O)(O)c1ccccc1. The van der Waals surface area contributed by atoms with Crippen molar-refractivity contribution in [3.05, 3.63) is 59.7 Å². The van der Waals surface area contributed by atoms with Crippen LogP contribution in [0.2, 0.25) is 0 Å². The summed E-state index contributed by atoms with van der Waals surface area (Å²) in [5.74, 6) is -1.86. The van der Waals surface area contributed by atoms with Crippen LogP contribution in [0.1, 0.15) is 24.5 Å². The summed E-state index contributed by atoms with van der Waals surface area (Å²) in [7, 11) is 8.20. The van der Waals surface area contributed by atoms with E-state index in [0.717, 1.165) is 12.8 Å². The van der Waals surface area contributed by atoms with Crippen molar-refractivity contribution in [3.8, 4) is 0 Å². The van der Waals surface area contributed by atoms with E-state index in [-0.39, 0.29) is 12.6 Å². The molecule has 0 amide bonds. The van der Waals surface area contributed by atoms with Crippen molar-refractivity contribution in [1.29, 1.82) is 0 Å². The zero-order valence-electron chi connectivity index (χ0n) is 17.1. The molecule has 5 heteroatoms. The minimum atomic E-state index is -1.86. The zero-order valence-corrected chi connectivity index (χ0v) is 17.1. The van der Waals surface area contributed by atoms with E-state index in [2.05, 4.69) is 40.2 Å². The Kier molecular flexibility index (Phi) is 7.25. The zero-order chi connectivity index (χ0) is 20.0. The summed E-state index contributed by atoms with van der Waals surface area (Å²) < 4.78 is 0. The Bertz CT molecular complexity index is 689. The summed E-state index contributed by atoms with van der Waals surface area (Å²) in [6.45, 7) is 2.17. The fourth-order valence-corrected chi connectivity index (χ4v) is 2.93. The highest BCUT2D eigenvalue weighted by Gasteiger charge is 2.25. The Morgan fingerprint density at radius 1 is 0.926 bits per heavy atom. The lowest BCUT2D eigenvalue weighted by Crippen LogP contribution is -2.41. The summed E-state index contributed by atoms with van der Waals surface area (Å²) >= 11 is 0. The molecule has 0 spiro atoms. The molecule has 0 saturated carbocycles. The van der Waals surface area contributed by atoms with Gasteiger partial charge in [0.1, 0.15) is 0 Å². The van der Waals surface area contributed by atoms with Crippen molar-refractivity contribution >= 4 is 11.4 Å². The highest BCUT2D eigenvalue weighted by molar-refractivity contribution is 5.60. The molecule has 27 heavy (non-hydrogen) atoms. The lowest BCUT2D eigenvalue weighted by molar-refractivity contribution is -0.166. The molecule has 2 aromatic rings. The van der Waals surface area contributed by atoms with Crippen molar-refractivity contribution in [2.24, 2.45) is 0 Å². The van der Waals surface area contributed by atoms with E-state index in [1.54, 1.807) is 24.3 Å². The molecular formula is C22H33N3O2. The first-order valence-corrected chi connectivity index (χ1v) is 9.41. The van der Waals surface area contributed by atoms with Gasteiger partial charge in [0.2, 0.25) is 5.79 Å². The first-order valence-electron chi connectivity index (χ1n) is 9.41. The first kappa shape index (κ1) is 21.2. The smallest absolute Gasteiger partial charge is 0.202 e. The lowest BCUT2D eigenvalue weighted by atomic mass is 10.0. The van der Waals surface area contributed by atoms with Crippen molar-refractivity contribution in [1.82, 2.24) is 5.32 Å². The number of rotatable bonds is 9. The summed E-state index contributed by atoms with van der Waals surface area (Å²) in [6.07, 6.45) is 1.83. The second-order valence-electron chi connectivity index (χ2n) is 7.65. The summed E-state index contributed by atoms with van der Waals surface area (Å²) in [6, 6.07) is 15.7. The summed E-state index contributed by atoms with van der Waals surface area (Å²) in [5, 5.41) is 23.8. The molecule has 0 bridgehead atoms. The minimum Gasteiger partial charge on any atom is -0.378 e. The van der Waals surface area contributed by atoms with Crippen LogP contribution in [0, 0.1) is 0 Å². The van der Waals surface area contributed by atoms with Crippen LogP contribution < -0.4 is 15.1 Å². The third kappa shape index (κ3) is 6.24. The molecular weight excluding hydrogens is 338 g/mol. The average molecular weight is 372 g/mol. The quantitative estimate of drug-likeness (QED) is 0.592. The van der Waals surface area contributed by atoms with Crippen LogP contribution in [0.15, 0.2) is 48.5 Å². The topological polar surface area (TPSA) is 59.0 Å². The van der Waals surface area contributed by atoms with E-state index in [0.29, 0.717) is 5.56 Å². The molecule has 0 aliphatic rings. The molecule has 148 valence electrons. The number of aryl methyl sites for hydroxylation is 1. The molecule has 0 aromatic heterocycles. The molecule has 0 fully saturated rings. The van der Waals surface area contributed by atoms with E-state index < -0.39 is 5.79 Å². The number of nitrogens with zero attached hydrogens (tertiary/aromatic N) is 2. The van der Waals surface area contributed by atoms with Crippen molar-refractivity contribution < 1.29 is 10.2 Å². The van der Waals surface area contributed by atoms with Crippen LogP contribution in [0.3, 0.4) is 0 Å². The predicted octanol–water partition coefficient (Wildman–Crippen LogP) is 2.57. The normalized spacial score (nSPS) is 12.7. The Labute approximate surface area is 163 Å². The number of hydrogen-bond donors (Lipinski definition) is 3. The van der Waals surface area contributed by atoms with Crippen molar-refractivity contribution in [3.63, 3.8) is 0 Å². The maximum atomic E-state index is 10.3. The maximum absolute atomic E-state index is 10.3. The number of nitrogens with one attached hydrogen (secondary N) is 1. The molecule has 3 N–H and O–H groups in total. The third-order valence-corrected chi connectivity index (χ3v) is 4.79. The van der Waals surface area contributed by atoms with E-state index in [4.69, 9.17) is 0 Å². The van der Waals surface area contributed by atoms with E-state index in [9.17, 15) is 10.2 Å². The summed E-state index contributed by atoms with van der Waals surface area (Å²) in [5.41, 5.74) is 4.15. The highest BCUT2D eigenvalue weighted by Crippen LogP contribution is 2.24. The van der Waals surface area contributed by atoms with Gasteiger partial charge in [-0.25, -0.2) is 0 Å². The molecule has 0 saturated heterocycles. The maximum Gasteiger partial charge on any atom is 0.202 e. The molecule has 5 nitrogen and oxygen atoms in total. The molecule has 0 aliphatic carbocycles. The Balaban J connectivity index is 1.94. The van der Waals surface area contributed by atoms with Crippen LogP contribution >= 0.6 is 0 Å². The molecule has 0 radical (unpaired) electrons. The van der Waals surface area contributed by atoms with Gasteiger partial charge in [0, 0.05) is 51.2 Å². The van der Waals surface area contributed by atoms with Gasteiger partial charge in [0.15, 0.2) is 0 Å². The lowest BCUT2D eigenvalue weighted by Gasteiger charge is -2.25. The van der Waals surface area contributed by atoms with Crippen LogP contribution in [-0.4, -0.2) is 51.0 Å². The standard InChI is InChI=1S/C22H33N3O2/c1-17(23-16-22(26,27)19-9-7-6-8-10-19)11-12-18-13-20(24(2)3)15-21(14-18)25(4)5/h6-10,13-15,17,23,26-27H,11-12,16H2,1-5H3.